The van der Waals surface area contributed by atoms with Gasteiger partial charge in [-0.2, -0.15) is 8.42 Å². The van der Waals surface area contributed by atoms with Crippen LogP contribution in [0.3, 0.4) is 0 Å². The van der Waals surface area contributed by atoms with Crippen molar-refractivity contribution in [2.24, 2.45) is 0 Å². The lowest BCUT2D eigenvalue weighted by atomic mass is 10.0. The van der Waals surface area contributed by atoms with Crippen LogP contribution in [0.25, 0.3) is 0 Å². The van der Waals surface area contributed by atoms with E-state index in [0.29, 0.717) is 19.5 Å². The maximum absolute atomic E-state index is 14.1. The van der Waals surface area contributed by atoms with Gasteiger partial charge in [0, 0.05) is 19.6 Å². The third kappa shape index (κ3) is 7.90. The van der Waals surface area contributed by atoms with E-state index in [4.69, 9.17) is 4.74 Å². The molecule has 1 amide bonds. The molecule has 9 heteroatoms. The Labute approximate surface area is 131 Å². The molecule has 0 aromatic rings. The highest BCUT2D eigenvalue weighted by molar-refractivity contribution is 7.85. The van der Waals surface area contributed by atoms with Crippen LogP contribution in [-0.2, 0) is 19.0 Å². The van der Waals surface area contributed by atoms with E-state index in [1.165, 1.54) is 0 Å². The maximum Gasteiger partial charge on any atom is 0.407 e. The number of alkyl halides is 1. The molecule has 0 aromatic heterocycles. The molecule has 22 heavy (non-hydrogen) atoms. The van der Waals surface area contributed by atoms with Crippen molar-refractivity contribution in [2.45, 2.75) is 45.0 Å². The number of rotatable bonds is 5. The summed E-state index contributed by atoms with van der Waals surface area (Å²) in [5, 5.41) is 2.54. The largest absolute Gasteiger partial charge is 0.444 e. The van der Waals surface area contributed by atoms with E-state index in [1.807, 2.05) is 0 Å². The quantitative estimate of drug-likeness (QED) is 0.749. The Hall–Kier alpha value is -0.930. The number of hydrogen-bond acceptors (Lipinski definition) is 6. The molecule has 1 aliphatic heterocycles. The van der Waals surface area contributed by atoms with Crippen molar-refractivity contribution in [3.05, 3.63) is 0 Å². The van der Waals surface area contributed by atoms with E-state index in [1.54, 1.807) is 25.7 Å². The number of likely N-dealkylation sites (tertiary alicyclic amines) is 1. The Kier molecular flexibility index (Phi) is 6.57. The van der Waals surface area contributed by atoms with Gasteiger partial charge in [0.15, 0.2) is 0 Å². The lowest BCUT2D eigenvalue weighted by molar-refractivity contribution is 0.0386. The molecule has 0 radical (unpaired) electrons. The maximum atomic E-state index is 14.1. The van der Waals surface area contributed by atoms with Crippen LogP contribution < -0.4 is 5.32 Å². The van der Waals surface area contributed by atoms with Gasteiger partial charge < -0.3 is 10.1 Å². The van der Waals surface area contributed by atoms with Crippen molar-refractivity contribution in [3.8, 4) is 0 Å². The van der Waals surface area contributed by atoms with Crippen LogP contribution in [0.15, 0.2) is 0 Å². The van der Waals surface area contributed by atoms with Crippen LogP contribution in [0.5, 0.6) is 0 Å². The Morgan fingerprint density at radius 3 is 2.55 bits per heavy atom. The SMILES string of the molecule is CC(C)(C)OC(=O)NC1CCN(CCOS(C)(=O)=O)CC1F. The van der Waals surface area contributed by atoms with Crippen molar-refractivity contribution in [2.75, 3.05) is 32.5 Å². The molecule has 130 valence electrons. The topological polar surface area (TPSA) is 84.9 Å². The van der Waals surface area contributed by atoms with Crippen LogP contribution in [0.4, 0.5) is 9.18 Å². The highest BCUT2D eigenvalue weighted by Gasteiger charge is 2.31. The smallest absolute Gasteiger partial charge is 0.407 e. The average molecular weight is 340 g/mol. The van der Waals surface area contributed by atoms with Gasteiger partial charge in [-0.25, -0.2) is 9.18 Å². The van der Waals surface area contributed by atoms with Crippen LogP contribution in [0, 0.1) is 0 Å². The lowest BCUT2D eigenvalue weighted by Gasteiger charge is -2.35. The second kappa shape index (κ2) is 7.56. The number of amides is 1. The molecule has 0 bridgehead atoms. The Balaban J connectivity index is 2.35. The van der Waals surface area contributed by atoms with E-state index in [-0.39, 0.29) is 13.2 Å². The van der Waals surface area contributed by atoms with Gasteiger partial charge in [0.05, 0.1) is 18.9 Å². The first-order valence-electron chi connectivity index (χ1n) is 7.16. The van der Waals surface area contributed by atoms with Crippen LogP contribution >= 0.6 is 0 Å². The summed E-state index contributed by atoms with van der Waals surface area (Å²) in [4.78, 5) is 13.4. The first-order valence-corrected chi connectivity index (χ1v) is 8.98. The fourth-order valence-electron chi connectivity index (χ4n) is 2.11. The number of nitrogens with one attached hydrogen (secondary N) is 1. The molecule has 2 atom stereocenters. The molecule has 1 saturated heterocycles. The first-order chi connectivity index (χ1) is 9.96. The minimum absolute atomic E-state index is 0.00425. The number of nitrogens with zero attached hydrogens (tertiary/aromatic N) is 1. The van der Waals surface area contributed by atoms with Gasteiger partial charge in [-0.15, -0.1) is 0 Å². The van der Waals surface area contributed by atoms with Crippen molar-refractivity contribution >= 4 is 16.2 Å². The minimum atomic E-state index is -3.48. The summed E-state index contributed by atoms with van der Waals surface area (Å²) in [6, 6.07) is -0.595. The number of carbonyl (C=O) groups excluding carboxylic acids is 1. The van der Waals surface area contributed by atoms with Gasteiger partial charge in [-0.3, -0.25) is 9.08 Å². The van der Waals surface area contributed by atoms with Crippen molar-refractivity contribution in [1.82, 2.24) is 10.2 Å². The molecule has 1 fully saturated rings. The Bertz CT molecular complexity index is 477. The van der Waals surface area contributed by atoms with Crippen LogP contribution in [0.2, 0.25) is 0 Å². The monoisotopic (exact) mass is 340 g/mol. The highest BCUT2D eigenvalue weighted by Crippen LogP contribution is 2.15. The number of hydrogen-bond donors (Lipinski definition) is 1. The minimum Gasteiger partial charge on any atom is -0.444 e. The molecule has 7 nitrogen and oxygen atoms in total. The summed E-state index contributed by atoms with van der Waals surface area (Å²) in [5.74, 6) is 0. The number of carbonyl (C=O) groups is 1. The molecule has 1 rings (SSSR count). The molecule has 2 unspecified atom stereocenters. The molecule has 1 heterocycles. The van der Waals surface area contributed by atoms with Crippen molar-refractivity contribution in [1.29, 1.82) is 0 Å². The predicted molar refractivity (Wildman–Crippen MR) is 79.9 cm³/mol. The van der Waals surface area contributed by atoms with Gasteiger partial charge >= 0.3 is 6.09 Å². The van der Waals surface area contributed by atoms with E-state index < -0.39 is 34.0 Å². The van der Waals surface area contributed by atoms with Crippen LogP contribution in [-0.4, -0.2) is 69.7 Å². The number of piperidine rings is 1. The van der Waals surface area contributed by atoms with Gasteiger partial charge in [0.1, 0.15) is 11.8 Å². The molecule has 1 aliphatic rings. The Morgan fingerprint density at radius 1 is 1.41 bits per heavy atom. The summed E-state index contributed by atoms with van der Waals surface area (Å²) in [5.41, 5.74) is -0.625. The third-order valence-corrected chi connectivity index (χ3v) is 3.63. The van der Waals surface area contributed by atoms with Gasteiger partial charge in [0.25, 0.3) is 10.1 Å². The fraction of sp³-hybridized carbons (Fsp3) is 0.923. The summed E-state index contributed by atoms with van der Waals surface area (Å²) in [6.45, 7) is 6.21. The average Bonchev–Trinajstić information content (AvgIpc) is 2.28. The van der Waals surface area contributed by atoms with E-state index in [2.05, 4.69) is 9.50 Å². The zero-order valence-corrected chi connectivity index (χ0v) is 14.3. The number of halogens is 1. The standard InChI is InChI=1S/C13H25FN2O5S/c1-13(2,3)21-12(17)15-11-5-6-16(9-10(11)14)7-8-20-22(4,18)19/h10-11H,5-9H2,1-4H3,(H,15,17). The molecule has 0 saturated carbocycles. The Morgan fingerprint density at radius 2 is 2.05 bits per heavy atom. The molecule has 0 aromatic carbocycles. The molecule has 1 N–H and O–H groups in total. The number of alkyl carbamates (subject to hydrolysis) is 1. The molecular weight excluding hydrogens is 315 g/mol. The van der Waals surface area contributed by atoms with Crippen molar-refractivity contribution < 1.29 is 26.5 Å². The van der Waals surface area contributed by atoms with Gasteiger partial charge in [-0.1, -0.05) is 0 Å². The molecular formula is C13H25FN2O5S. The fourth-order valence-corrected chi connectivity index (χ4v) is 2.49. The summed E-state index contributed by atoms with van der Waals surface area (Å²) >= 11 is 0. The van der Waals surface area contributed by atoms with Gasteiger partial charge in [-0.05, 0) is 27.2 Å². The van der Waals surface area contributed by atoms with E-state index in [0.717, 1.165) is 6.26 Å². The molecule has 0 aliphatic carbocycles. The van der Waals surface area contributed by atoms with Crippen LogP contribution in [0.1, 0.15) is 27.2 Å². The zero-order valence-electron chi connectivity index (χ0n) is 13.5. The second-order valence-corrected chi connectivity index (χ2v) is 8.03. The second-order valence-electron chi connectivity index (χ2n) is 6.38. The van der Waals surface area contributed by atoms with Gasteiger partial charge in [0.2, 0.25) is 0 Å². The first kappa shape index (κ1) is 19.1. The summed E-state index contributed by atoms with van der Waals surface area (Å²) < 4.78 is 45.5. The normalized spacial score (nSPS) is 24.0. The zero-order chi connectivity index (χ0) is 17.0. The lowest BCUT2D eigenvalue weighted by Crippen LogP contribution is -2.53. The molecule has 0 spiro atoms. The summed E-state index contributed by atoms with van der Waals surface area (Å²) in [6.07, 6.45) is -0.463. The van der Waals surface area contributed by atoms with E-state index in [9.17, 15) is 17.6 Å². The summed E-state index contributed by atoms with van der Waals surface area (Å²) in [7, 11) is -3.48. The predicted octanol–water partition coefficient (Wildman–Crippen LogP) is 0.900. The van der Waals surface area contributed by atoms with E-state index >= 15 is 0 Å². The third-order valence-electron chi connectivity index (χ3n) is 3.03. The number of ether oxygens (including phenoxy) is 1. The van der Waals surface area contributed by atoms with Crippen molar-refractivity contribution in [3.63, 3.8) is 0 Å². The highest BCUT2D eigenvalue weighted by atomic mass is 32.2.